The van der Waals surface area contributed by atoms with E-state index in [1.807, 2.05) is 48.5 Å². The molecule has 3 heterocycles. The Kier molecular flexibility index (Phi) is 5.95. The topological polar surface area (TPSA) is 103 Å². The fraction of sp³-hybridized carbons (Fsp3) is 0.231. The maximum Gasteiger partial charge on any atom is 0.170 e. The summed E-state index contributed by atoms with van der Waals surface area (Å²) in [6.07, 6.45) is 7.49. The maximum atomic E-state index is 12.8. The molecule has 33 heavy (non-hydrogen) atoms. The number of pyridine rings is 1. The first-order valence-corrected chi connectivity index (χ1v) is 11.1. The molecule has 2 aromatic heterocycles. The molecule has 1 fully saturated rings. The van der Waals surface area contributed by atoms with Gasteiger partial charge in [-0.15, -0.1) is 0 Å². The van der Waals surface area contributed by atoms with Crippen LogP contribution in [-0.2, 0) is 6.42 Å². The van der Waals surface area contributed by atoms with Crippen LogP contribution in [0.4, 0.5) is 5.69 Å². The average molecular weight is 440 g/mol. The van der Waals surface area contributed by atoms with Gasteiger partial charge in [0, 0.05) is 35.1 Å². The van der Waals surface area contributed by atoms with Crippen molar-refractivity contribution in [3.63, 3.8) is 0 Å². The first-order valence-electron chi connectivity index (χ1n) is 11.1. The van der Waals surface area contributed by atoms with Crippen molar-refractivity contribution in [2.75, 3.05) is 18.8 Å². The number of fused-ring (bicyclic) bond motifs is 1. The molecule has 0 spiro atoms. The molecule has 0 amide bonds. The Morgan fingerprint density at radius 2 is 1.82 bits per heavy atom. The third-order valence-corrected chi connectivity index (χ3v) is 5.81. The van der Waals surface area contributed by atoms with Crippen LogP contribution in [0.25, 0.3) is 22.0 Å². The summed E-state index contributed by atoms with van der Waals surface area (Å²) in [7, 11) is 0. The number of Topliss-reactive ketones (excluding diaryl/α,β-unsaturated/α-hetero) is 1. The third-order valence-electron chi connectivity index (χ3n) is 5.81. The van der Waals surface area contributed by atoms with Crippen LogP contribution < -0.4 is 15.8 Å². The highest BCUT2D eigenvalue weighted by Gasteiger charge is 2.15. The zero-order chi connectivity index (χ0) is 22.6. The predicted octanol–water partition coefficient (Wildman–Crippen LogP) is 3.83. The molecule has 0 unspecified atom stereocenters. The molecule has 2 aromatic carbocycles. The first-order chi connectivity index (χ1) is 16.1. The number of rotatable bonds is 6. The summed E-state index contributed by atoms with van der Waals surface area (Å²) >= 11 is 0. The molecular weight excluding hydrogens is 414 g/mol. The van der Waals surface area contributed by atoms with Gasteiger partial charge in [-0.25, -0.2) is 9.97 Å². The Labute approximate surface area is 192 Å². The highest BCUT2D eigenvalue weighted by molar-refractivity contribution is 5.97. The lowest BCUT2D eigenvalue weighted by atomic mass is 10.1. The Morgan fingerprint density at radius 3 is 2.61 bits per heavy atom. The van der Waals surface area contributed by atoms with Crippen LogP contribution in [0, 0.1) is 0 Å². The van der Waals surface area contributed by atoms with Crippen LogP contribution in [0.3, 0.4) is 0 Å². The lowest BCUT2D eigenvalue weighted by Gasteiger charge is -2.23. The van der Waals surface area contributed by atoms with Crippen LogP contribution in [0.15, 0.2) is 67.1 Å². The molecule has 1 saturated heterocycles. The van der Waals surface area contributed by atoms with Crippen LogP contribution in [0.5, 0.6) is 5.75 Å². The maximum absolute atomic E-state index is 12.8. The van der Waals surface area contributed by atoms with Crippen molar-refractivity contribution in [3.05, 3.63) is 78.5 Å². The average Bonchev–Trinajstić information content (AvgIpc) is 2.85. The van der Waals surface area contributed by atoms with Crippen molar-refractivity contribution in [3.8, 4) is 16.9 Å². The van der Waals surface area contributed by atoms with E-state index >= 15 is 0 Å². The van der Waals surface area contributed by atoms with E-state index in [0.29, 0.717) is 17.1 Å². The number of ketones is 1. The molecule has 3 N–H and O–H groups in total. The van der Waals surface area contributed by atoms with E-state index in [-0.39, 0.29) is 18.3 Å². The molecule has 0 atom stereocenters. The number of hydrogen-bond acceptors (Lipinski definition) is 7. The number of aromatic nitrogens is 3. The SMILES string of the molecule is Nc1cncc(-c2ccc3cnc(CC(=O)c4ccc(OC5CCNCC5)cc4)nc3c2)c1. The minimum atomic E-state index is -0.0287. The van der Waals surface area contributed by atoms with Gasteiger partial charge in [0.1, 0.15) is 17.7 Å². The van der Waals surface area contributed by atoms with Gasteiger partial charge in [-0.1, -0.05) is 12.1 Å². The largest absolute Gasteiger partial charge is 0.490 e. The van der Waals surface area contributed by atoms with Crippen LogP contribution in [-0.4, -0.2) is 39.9 Å². The second-order valence-electron chi connectivity index (χ2n) is 8.26. The third kappa shape index (κ3) is 4.99. The van der Waals surface area contributed by atoms with Gasteiger partial charge in [0.25, 0.3) is 0 Å². The Bertz CT molecular complexity index is 1280. The monoisotopic (exact) mass is 439 g/mol. The van der Waals surface area contributed by atoms with Crippen LogP contribution in [0.1, 0.15) is 29.0 Å². The van der Waals surface area contributed by atoms with Crippen molar-refractivity contribution in [1.29, 1.82) is 0 Å². The zero-order valence-electron chi connectivity index (χ0n) is 18.2. The lowest BCUT2D eigenvalue weighted by molar-refractivity contribution is 0.0991. The van der Waals surface area contributed by atoms with E-state index in [9.17, 15) is 4.79 Å². The second kappa shape index (κ2) is 9.34. The molecule has 7 nitrogen and oxygen atoms in total. The minimum absolute atomic E-state index is 0.0287. The summed E-state index contributed by atoms with van der Waals surface area (Å²) < 4.78 is 6.02. The van der Waals surface area contributed by atoms with Gasteiger partial charge in [-0.3, -0.25) is 9.78 Å². The number of nitrogen functional groups attached to an aromatic ring is 1. The Morgan fingerprint density at radius 1 is 1.00 bits per heavy atom. The molecule has 0 radical (unpaired) electrons. The van der Waals surface area contributed by atoms with E-state index in [0.717, 1.165) is 53.7 Å². The summed E-state index contributed by atoms with van der Waals surface area (Å²) in [5, 5.41) is 4.24. The highest BCUT2D eigenvalue weighted by Crippen LogP contribution is 2.24. The molecular formula is C26H25N5O2. The molecule has 7 heteroatoms. The molecule has 1 aliphatic rings. The number of anilines is 1. The van der Waals surface area contributed by atoms with Crippen molar-refractivity contribution in [2.45, 2.75) is 25.4 Å². The fourth-order valence-corrected chi connectivity index (χ4v) is 4.01. The highest BCUT2D eigenvalue weighted by atomic mass is 16.5. The molecule has 0 saturated carbocycles. The summed E-state index contributed by atoms with van der Waals surface area (Å²) in [6.45, 7) is 1.95. The van der Waals surface area contributed by atoms with Crippen LogP contribution in [0.2, 0.25) is 0 Å². The Balaban J connectivity index is 1.30. The van der Waals surface area contributed by atoms with Crippen LogP contribution >= 0.6 is 0 Å². The number of nitrogens with one attached hydrogen (secondary N) is 1. The van der Waals surface area contributed by atoms with Gasteiger partial charge in [0.15, 0.2) is 5.78 Å². The smallest absolute Gasteiger partial charge is 0.170 e. The minimum Gasteiger partial charge on any atom is -0.490 e. The first kappa shape index (κ1) is 21.0. The molecule has 0 bridgehead atoms. The predicted molar refractivity (Wildman–Crippen MR) is 128 cm³/mol. The molecule has 5 rings (SSSR count). The number of carbonyl (C=O) groups excluding carboxylic acids is 1. The Hall–Kier alpha value is -3.84. The molecule has 166 valence electrons. The van der Waals surface area contributed by atoms with E-state index in [1.165, 1.54) is 0 Å². The number of ether oxygens (including phenoxy) is 1. The van der Waals surface area contributed by atoms with Gasteiger partial charge in [0.2, 0.25) is 0 Å². The standard InChI is InChI=1S/C26H25N5O2/c27-21-11-20(14-29-16-21)18-1-2-19-15-30-26(31-24(19)12-18)13-25(32)17-3-5-22(6-4-17)33-23-7-9-28-10-8-23/h1-6,11-12,14-16,23,28H,7-10,13,27H2. The number of hydrogen-bond donors (Lipinski definition) is 2. The van der Waals surface area contributed by atoms with Gasteiger partial charge < -0.3 is 15.8 Å². The fourth-order valence-electron chi connectivity index (χ4n) is 4.01. The van der Waals surface area contributed by atoms with Crippen molar-refractivity contribution in [1.82, 2.24) is 20.3 Å². The number of nitrogens with two attached hydrogens (primary N) is 1. The number of piperidine rings is 1. The molecule has 0 aliphatic carbocycles. The van der Waals surface area contributed by atoms with E-state index in [4.69, 9.17) is 10.5 Å². The van der Waals surface area contributed by atoms with Gasteiger partial charge in [0.05, 0.1) is 17.6 Å². The number of nitrogens with zero attached hydrogens (tertiary/aromatic N) is 3. The zero-order valence-corrected chi connectivity index (χ0v) is 18.2. The van der Waals surface area contributed by atoms with E-state index < -0.39 is 0 Å². The van der Waals surface area contributed by atoms with Crippen molar-refractivity contribution >= 4 is 22.4 Å². The summed E-state index contributed by atoms with van der Waals surface area (Å²) in [4.78, 5) is 26.0. The van der Waals surface area contributed by atoms with E-state index in [1.54, 1.807) is 18.6 Å². The normalized spacial score (nSPS) is 14.3. The van der Waals surface area contributed by atoms with Crippen molar-refractivity contribution in [2.24, 2.45) is 0 Å². The lowest BCUT2D eigenvalue weighted by Crippen LogP contribution is -2.34. The van der Waals surface area contributed by atoms with Gasteiger partial charge in [-0.05, 0) is 67.9 Å². The van der Waals surface area contributed by atoms with Gasteiger partial charge >= 0.3 is 0 Å². The number of carbonyl (C=O) groups is 1. The quantitative estimate of drug-likeness (QED) is 0.440. The van der Waals surface area contributed by atoms with Gasteiger partial charge in [-0.2, -0.15) is 0 Å². The number of benzene rings is 2. The summed E-state index contributed by atoms with van der Waals surface area (Å²) in [5.41, 5.74) is 9.74. The molecule has 1 aliphatic heterocycles. The summed E-state index contributed by atoms with van der Waals surface area (Å²) in [6, 6.07) is 15.1. The molecule has 4 aromatic rings. The van der Waals surface area contributed by atoms with E-state index in [2.05, 4.69) is 20.3 Å². The van der Waals surface area contributed by atoms with Crippen molar-refractivity contribution < 1.29 is 9.53 Å². The summed E-state index contributed by atoms with van der Waals surface area (Å²) in [5.74, 6) is 1.26. The second-order valence-corrected chi connectivity index (χ2v) is 8.26.